The Morgan fingerprint density at radius 2 is 2.10 bits per heavy atom. The summed E-state index contributed by atoms with van der Waals surface area (Å²) in [5.41, 5.74) is 1.35. The molecule has 3 rings (SSSR count). The SMILES string of the molecule is O=C(CN[C@H]1CCCSc2ccccc21)NCC1CC1. The number of thioether (sulfide) groups is 1. The van der Waals surface area contributed by atoms with Crippen molar-refractivity contribution in [1.29, 1.82) is 0 Å². The summed E-state index contributed by atoms with van der Waals surface area (Å²) in [5, 5.41) is 6.45. The second-order valence-electron chi connectivity index (χ2n) is 5.71. The van der Waals surface area contributed by atoms with Crippen LogP contribution in [0.25, 0.3) is 0 Å². The highest BCUT2D eigenvalue weighted by Gasteiger charge is 2.22. The molecule has 4 heteroatoms. The Kier molecular flexibility index (Phi) is 4.63. The third-order valence-electron chi connectivity index (χ3n) is 3.98. The van der Waals surface area contributed by atoms with Gasteiger partial charge in [-0.05, 0) is 49.0 Å². The van der Waals surface area contributed by atoms with E-state index in [2.05, 4.69) is 34.9 Å². The summed E-state index contributed by atoms with van der Waals surface area (Å²) in [5.74, 6) is 2.04. The molecule has 0 bridgehead atoms. The summed E-state index contributed by atoms with van der Waals surface area (Å²) in [4.78, 5) is 13.2. The average molecular weight is 290 g/mol. The Morgan fingerprint density at radius 3 is 2.95 bits per heavy atom. The number of carbonyl (C=O) groups is 1. The van der Waals surface area contributed by atoms with Crippen molar-refractivity contribution in [1.82, 2.24) is 10.6 Å². The second kappa shape index (κ2) is 6.64. The maximum atomic E-state index is 11.8. The standard InChI is InChI=1S/C16H22N2OS/c19-16(18-10-12-7-8-12)11-17-14-5-3-9-20-15-6-2-1-4-13(14)15/h1-2,4,6,12,14,17H,3,5,7-11H2,(H,18,19)/t14-/m0/s1. The smallest absolute Gasteiger partial charge is 0.233 e. The molecule has 0 saturated heterocycles. The molecule has 1 atom stereocenters. The maximum absolute atomic E-state index is 11.8. The van der Waals surface area contributed by atoms with Gasteiger partial charge in [-0.2, -0.15) is 0 Å². The molecule has 1 aromatic carbocycles. The van der Waals surface area contributed by atoms with Gasteiger partial charge < -0.3 is 10.6 Å². The average Bonchev–Trinajstić information content (AvgIpc) is 3.30. The largest absolute Gasteiger partial charge is 0.355 e. The summed E-state index contributed by atoms with van der Waals surface area (Å²) < 4.78 is 0. The summed E-state index contributed by atoms with van der Waals surface area (Å²) in [6.07, 6.45) is 4.86. The van der Waals surface area contributed by atoms with Crippen LogP contribution in [0, 0.1) is 5.92 Å². The molecule has 2 N–H and O–H groups in total. The monoisotopic (exact) mass is 290 g/mol. The van der Waals surface area contributed by atoms with Gasteiger partial charge in [-0.3, -0.25) is 4.79 Å². The van der Waals surface area contributed by atoms with Gasteiger partial charge in [-0.1, -0.05) is 18.2 Å². The number of rotatable bonds is 5. The van der Waals surface area contributed by atoms with E-state index >= 15 is 0 Å². The maximum Gasteiger partial charge on any atom is 0.233 e. The summed E-state index contributed by atoms with van der Waals surface area (Å²) >= 11 is 1.93. The Hall–Kier alpha value is -1.00. The second-order valence-corrected chi connectivity index (χ2v) is 6.85. The minimum absolute atomic E-state index is 0.131. The predicted octanol–water partition coefficient (Wildman–Crippen LogP) is 2.73. The van der Waals surface area contributed by atoms with Gasteiger partial charge >= 0.3 is 0 Å². The van der Waals surface area contributed by atoms with E-state index in [-0.39, 0.29) is 5.91 Å². The van der Waals surface area contributed by atoms with E-state index in [9.17, 15) is 4.79 Å². The van der Waals surface area contributed by atoms with Gasteiger partial charge in [-0.25, -0.2) is 0 Å². The van der Waals surface area contributed by atoms with Crippen molar-refractivity contribution in [3.8, 4) is 0 Å². The van der Waals surface area contributed by atoms with Crippen LogP contribution >= 0.6 is 11.8 Å². The van der Waals surface area contributed by atoms with Crippen molar-refractivity contribution in [3.05, 3.63) is 29.8 Å². The van der Waals surface area contributed by atoms with Crippen molar-refractivity contribution in [2.24, 2.45) is 5.92 Å². The highest BCUT2D eigenvalue weighted by atomic mass is 32.2. The fourth-order valence-corrected chi connectivity index (χ4v) is 3.68. The zero-order valence-corrected chi connectivity index (χ0v) is 12.5. The highest BCUT2D eigenvalue weighted by molar-refractivity contribution is 7.99. The lowest BCUT2D eigenvalue weighted by atomic mass is 10.0. The van der Waals surface area contributed by atoms with Gasteiger partial charge in [-0.15, -0.1) is 11.8 Å². The van der Waals surface area contributed by atoms with E-state index in [1.165, 1.54) is 35.5 Å². The lowest BCUT2D eigenvalue weighted by molar-refractivity contribution is -0.120. The zero-order chi connectivity index (χ0) is 13.8. The molecule has 1 amide bonds. The number of fused-ring (bicyclic) bond motifs is 1. The van der Waals surface area contributed by atoms with E-state index in [1.54, 1.807) is 0 Å². The first kappa shape index (κ1) is 14.0. The van der Waals surface area contributed by atoms with Gasteiger partial charge in [0.2, 0.25) is 5.91 Å². The van der Waals surface area contributed by atoms with Crippen LogP contribution in [0.4, 0.5) is 0 Å². The minimum atomic E-state index is 0.131. The Morgan fingerprint density at radius 1 is 1.25 bits per heavy atom. The Balaban J connectivity index is 1.54. The molecular formula is C16H22N2OS. The lowest BCUT2D eigenvalue weighted by Gasteiger charge is -2.18. The molecule has 0 aromatic heterocycles. The number of carbonyl (C=O) groups excluding carboxylic acids is 1. The molecule has 0 spiro atoms. The molecule has 1 aliphatic carbocycles. The zero-order valence-electron chi connectivity index (χ0n) is 11.7. The molecular weight excluding hydrogens is 268 g/mol. The van der Waals surface area contributed by atoms with Gasteiger partial charge in [0.15, 0.2) is 0 Å². The first-order valence-corrected chi connectivity index (χ1v) is 8.53. The Bertz CT molecular complexity index is 473. The number of hydrogen-bond acceptors (Lipinski definition) is 3. The highest BCUT2D eigenvalue weighted by Crippen LogP contribution is 2.34. The molecule has 108 valence electrons. The third-order valence-corrected chi connectivity index (χ3v) is 5.16. The van der Waals surface area contributed by atoms with E-state index in [0.717, 1.165) is 18.9 Å². The third kappa shape index (κ3) is 3.76. The molecule has 1 aliphatic heterocycles. The number of nitrogens with one attached hydrogen (secondary N) is 2. The van der Waals surface area contributed by atoms with Crippen LogP contribution in [0.5, 0.6) is 0 Å². The van der Waals surface area contributed by atoms with Crippen LogP contribution in [-0.2, 0) is 4.79 Å². The van der Waals surface area contributed by atoms with E-state index in [0.29, 0.717) is 12.6 Å². The molecule has 1 saturated carbocycles. The topological polar surface area (TPSA) is 41.1 Å². The van der Waals surface area contributed by atoms with Crippen LogP contribution in [-0.4, -0.2) is 24.7 Å². The minimum Gasteiger partial charge on any atom is -0.355 e. The van der Waals surface area contributed by atoms with Crippen LogP contribution in [0.3, 0.4) is 0 Å². The summed E-state index contributed by atoms with van der Waals surface area (Å²) in [7, 11) is 0. The first-order valence-electron chi connectivity index (χ1n) is 7.55. The van der Waals surface area contributed by atoms with Crippen LogP contribution < -0.4 is 10.6 Å². The molecule has 1 heterocycles. The fourth-order valence-electron chi connectivity index (χ4n) is 2.60. The van der Waals surface area contributed by atoms with Gasteiger partial charge in [0.1, 0.15) is 0 Å². The quantitative estimate of drug-likeness (QED) is 0.876. The summed E-state index contributed by atoms with van der Waals surface area (Å²) in [6.45, 7) is 1.29. The van der Waals surface area contributed by atoms with Crippen molar-refractivity contribution < 1.29 is 4.79 Å². The van der Waals surface area contributed by atoms with Gasteiger partial charge in [0, 0.05) is 17.5 Å². The Labute approximate surface area is 124 Å². The molecule has 0 radical (unpaired) electrons. The van der Waals surface area contributed by atoms with Crippen molar-refractivity contribution in [2.45, 2.75) is 36.6 Å². The van der Waals surface area contributed by atoms with E-state index in [4.69, 9.17) is 0 Å². The number of hydrogen-bond donors (Lipinski definition) is 2. The van der Waals surface area contributed by atoms with Crippen molar-refractivity contribution in [2.75, 3.05) is 18.8 Å². The molecule has 20 heavy (non-hydrogen) atoms. The molecule has 1 aromatic rings. The normalized spacial score (nSPS) is 21.9. The van der Waals surface area contributed by atoms with Crippen LogP contribution in [0.2, 0.25) is 0 Å². The fraction of sp³-hybridized carbons (Fsp3) is 0.562. The number of benzene rings is 1. The van der Waals surface area contributed by atoms with E-state index in [1.807, 2.05) is 11.8 Å². The van der Waals surface area contributed by atoms with Crippen molar-refractivity contribution in [3.63, 3.8) is 0 Å². The molecule has 2 aliphatic rings. The molecule has 3 nitrogen and oxygen atoms in total. The number of amides is 1. The lowest BCUT2D eigenvalue weighted by Crippen LogP contribution is -2.36. The first-order chi connectivity index (χ1) is 9.83. The van der Waals surface area contributed by atoms with Crippen LogP contribution in [0.1, 0.15) is 37.3 Å². The van der Waals surface area contributed by atoms with Gasteiger partial charge in [0.25, 0.3) is 0 Å². The van der Waals surface area contributed by atoms with E-state index < -0.39 is 0 Å². The predicted molar refractivity (Wildman–Crippen MR) is 82.9 cm³/mol. The van der Waals surface area contributed by atoms with Gasteiger partial charge in [0.05, 0.1) is 6.54 Å². The molecule has 1 fully saturated rings. The molecule has 0 unspecified atom stereocenters. The van der Waals surface area contributed by atoms with Crippen LogP contribution in [0.15, 0.2) is 29.2 Å². The van der Waals surface area contributed by atoms with Crippen molar-refractivity contribution >= 4 is 17.7 Å². The summed E-state index contributed by atoms with van der Waals surface area (Å²) in [6, 6.07) is 8.87.